The van der Waals surface area contributed by atoms with Crippen LogP contribution < -0.4 is 5.32 Å². The number of anilines is 1. The van der Waals surface area contributed by atoms with Crippen LogP contribution in [0.25, 0.3) is 0 Å². The summed E-state index contributed by atoms with van der Waals surface area (Å²) >= 11 is 6.90. The molecule has 0 aliphatic rings. The molecule has 0 aliphatic heterocycles. The SMILES string of the molecule is Cc1ccc(S(=O)(=O)N=C(Nc2c(C)c(Br)c(O)c(C)c2Br)c2ccccc2)cc1. The zero-order chi connectivity index (χ0) is 22.1. The Morgan fingerprint density at radius 1 is 0.900 bits per heavy atom. The molecule has 3 rings (SSSR count). The Bertz CT molecular complexity index is 1190. The molecule has 0 aliphatic carbocycles. The Balaban J connectivity index is 2.17. The van der Waals surface area contributed by atoms with E-state index in [2.05, 4.69) is 41.6 Å². The summed E-state index contributed by atoms with van der Waals surface area (Å²) in [7, 11) is -3.95. The highest BCUT2D eigenvalue weighted by Crippen LogP contribution is 2.42. The molecule has 2 N–H and O–H groups in total. The Morgan fingerprint density at radius 3 is 2.10 bits per heavy atom. The molecule has 0 unspecified atom stereocenters. The molecule has 0 spiro atoms. The fraction of sp³-hybridized carbons (Fsp3) is 0.136. The summed E-state index contributed by atoms with van der Waals surface area (Å²) in [6.07, 6.45) is 0. The third kappa shape index (κ3) is 4.61. The lowest BCUT2D eigenvalue weighted by atomic mass is 10.1. The van der Waals surface area contributed by atoms with Crippen molar-refractivity contribution in [3.05, 3.63) is 85.8 Å². The number of hydrogen-bond donors (Lipinski definition) is 2. The molecule has 0 fully saturated rings. The minimum atomic E-state index is -3.95. The predicted octanol–water partition coefficient (Wildman–Crippen LogP) is 6.09. The van der Waals surface area contributed by atoms with Gasteiger partial charge in [0.05, 0.1) is 15.1 Å². The van der Waals surface area contributed by atoms with Gasteiger partial charge in [0.2, 0.25) is 0 Å². The molecule has 0 saturated heterocycles. The molecular formula is C22H20Br2N2O3S. The number of amidine groups is 1. The van der Waals surface area contributed by atoms with E-state index in [-0.39, 0.29) is 16.5 Å². The molecule has 156 valence electrons. The van der Waals surface area contributed by atoms with E-state index >= 15 is 0 Å². The number of phenolic OH excluding ortho intramolecular Hbond substituents is 1. The van der Waals surface area contributed by atoms with Gasteiger partial charge in [-0.3, -0.25) is 0 Å². The number of sulfonamides is 1. The van der Waals surface area contributed by atoms with Crippen LogP contribution in [0.1, 0.15) is 22.3 Å². The largest absolute Gasteiger partial charge is 0.506 e. The summed E-state index contributed by atoms with van der Waals surface area (Å²) in [6.45, 7) is 5.46. The molecule has 0 atom stereocenters. The Labute approximate surface area is 193 Å². The maximum absolute atomic E-state index is 13.0. The first-order chi connectivity index (χ1) is 14.1. The standard InChI is InChI=1S/C22H20Br2N2O3S/c1-13-9-11-17(12-10-13)30(28,29)26-22(16-7-5-4-6-8-16)25-20-14(2)19(24)21(27)15(3)18(20)23/h4-12,27H,1-3H3,(H,25,26). The first kappa shape index (κ1) is 22.5. The molecule has 0 amide bonds. The number of aryl methyl sites for hydroxylation is 1. The molecule has 0 heterocycles. The third-order valence-corrected chi connectivity index (χ3v) is 7.89. The van der Waals surface area contributed by atoms with Crippen LogP contribution in [-0.2, 0) is 10.0 Å². The van der Waals surface area contributed by atoms with Gasteiger partial charge < -0.3 is 10.4 Å². The fourth-order valence-electron chi connectivity index (χ4n) is 2.80. The molecule has 0 radical (unpaired) electrons. The summed E-state index contributed by atoms with van der Waals surface area (Å²) in [5, 5.41) is 13.4. The van der Waals surface area contributed by atoms with E-state index in [0.29, 0.717) is 31.3 Å². The van der Waals surface area contributed by atoms with Gasteiger partial charge in [-0.1, -0.05) is 48.0 Å². The lowest BCUT2D eigenvalue weighted by molar-refractivity contribution is 0.466. The van der Waals surface area contributed by atoms with E-state index < -0.39 is 10.0 Å². The van der Waals surface area contributed by atoms with Crippen molar-refractivity contribution in [1.29, 1.82) is 0 Å². The maximum Gasteiger partial charge on any atom is 0.284 e. The number of rotatable bonds is 4. The molecular weight excluding hydrogens is 532 g/mol. The highest BCUT2D eigenvalue weighted by molar-refractivity contribution is 9.11. The average Bonchev–Trinajstić information content (AvgIpc) is 2.74. The second-order valence-electron chi connectivity index (χ2n) is 6.82. The van der Waals surface area contributed by atoms with Crippen LogP contribution in [0.2, 0.25) is 0 Å². The van der Waals surface area contributed by atoms with Crippen molar-refractivity contribution >= 4 is 53.4 Å². The first-order valence-electron chi connectivity index (χ1n) is 9.03. The third-order valence-electron chi connectivity index (χ3n) is 4.64. The molecule has 3 aromatic rings. The molecule has 0 saturated carbocycles. The smallest absolute Gasteiger partial charge is 0.284 e. The molecule has 8 heteroatoms. The summed E-state index contributed by atoms with van der Waals surface area (Å²) in [5.74, 6) is 0.298. The number of nitrogens with zero attached hydrogens (tertiary/aromatic N) is 1. The minimum Gasteiger partial charge on any atom is -0.506 e. The maximum atomic E-state index is 13.0. The van der Waals surface area contributed by atoms with Crippen LogP contribution in [0.5, 0.6) is 5.75 Å². The minimum absolute atomic E-state index is 0.113. The predicted molar refractivity (Wildman–Crippen MR) is 128 cm³/mol. The lowest BCUT2D eigenvalue weighted by Gasteiger charge is -2.18. The summed E-state index contributed by atoms with van der Waals surface area (Å²) in [6, 6.07) is 15.6. The lowest BCUT2D eigenvalue weighted by Crippen LogP contribution is -2.18. The second kappa shape index (κ2) is 8.91. The van der Waals surface area contributed by atoms with Crippen molar-refractivity contribution < 1.29 is 13.5 Å². The number of phenols is 1. The van der Waals surface area contributed by atoms with Crippen molar-refractivity contribution in [2.45, 2.75) is 25.7 Å². The van der Waals surface area contributed by atoms with E-state index in [1.807, 2.05) is 32.0 Å². The van der Waals surface area contributed by atoms with E-state index in [1.165, 1.54) is 0 Å². The van der Waals surface area contributed by atoms with E-state index in [1.54, 1.807) is 43.3 Å². The van der Waals surface area contributed by atoms with Gasteiger partial charge >= 0.3 is 0 Å². The van der Waals surface area contributed by atoms with Gasteiger partial charge in [-0.05, 0) is 70.3 Å². The van der Waals surface area contributed by atoms with Gasteiger partial charge in [0.15, 0.2) is 5.84 Å². The Hall–Kier alpha value is -2.16. The topological polar surface area (TPSA) is 78.8 Å². The number of halogens is 2. The van der Waals surface area contributed by atoms with Gasteiger partial charge in [-0.25, -0.2) is 0 Å². The van der Waals surface area contributed by atoms with E-state index in [9.17, 15) is 13.5 Å². The number of benzene rings is 3. The molecule has 30 heavy (non-hydrogen) atoms. The Morgan fingerprint density at radius 2 is 1.50 bits per heavy atom. The van der Waals surface area contributed by atoms with Crippen LogP contribution in [0.15, 0.2) is 72.8 Å². The highest BCUT2D eigenvalue weighted by atomic mass is 79.9. The normalized spacial score (nSPS) is 12.1. The van der Waals surface area contributed by atoms with Crippen molar-refractivity contribution in [3.8, 4) is 5.75 Å². The molecule has 0 bridgehead atoms. The summed E-state index contributed by atoms with van der Waals surface area (Å²) < 4.78 is 31.2. The van der Waals surface area contributed by atoms with Crippen LogP contribution in [0.3, 0.4) is 0 Å². The number of hydrogen-bond acceptors (Lipinski definition) is 3. The van der Waals surface area contributed by atoms with E-state index in [4.69, 9.17) is 0 Å². The molecule has 5 nitrogen and oxygen atoms in total. The van der Waals surface area contributed by atoms with Crippen molar-refractivity contribution in [2.24, 2.45) is 4.40 Å². The van der Waals surface area contributed by atoms with Crippen molar-refractivity contribution in [1.82, 2.24) is 0 Å². The summed E-state index contributed by atoms with van der Waals surface area (Å²) in [4.78, 5) is 0.113. The van der Waals surface area contributed by atoms with Gasteiger partial charge in [-0.15, -0.1) is 4.40 Å². The van der Waals surface area contributed by atoms with Crippen LogP contribution in [0.4, 0.5) is 5.69 Å². The van der Waals surface area contributed by atoms with Gasteiger partial charge in [0.1, 0.15) is 5.75 Å². The molecule has 3 aromatic carbocycles. The van der Waals surface area contributed by atoms with E-state index in [0.717, 1.165) is 5.56 Å². The van der Waals surface area contributed by atoms with Crippen LogP contribution >= 0.6 is 31.9 Å². The Kier molecular flexibility index (Phi) is 6.69. The quantitative estimate of drug-likeness (QED) is 0.233. The number of aromatic hydroxyl groups is 1. The van der Waals surface area contributed by atoms with Gasteiger partial charge in [0.25, 0.3) is 10.0 Å². The fourth-order valence-corrected chi connectivity index (χ4v) is 4.86. The second-order valence-corrected chi connectivity index (χ2v) is 10.0. The van der Waals surface area contributed by atoms with Crippen molar-refractivity contribution in [3.63, 3.8) is 0 Å². The number of nitrogens with one attached hydrogen (secondary N) is 1. The zero-order valence-corrected chi connectivity index (χ0v) is 20.6. The van der Waals surface area contributed by atoms with Crippen LogP contribution in [-0.4, -0.2) is 19.4 Å². The summed E-state index contributed by atoms with van der Waals surface area (Å²) in [5.41, 5.74) is 3.51. The van der Waals surface area contributed by atoms with Crippen molar-refractivity contribution in [2.75, 3.05) is 5.32 Å². The highest BCUT2D eigenvalue weighted by Gasteiger charge is 2.20. The first-order valence-corrected chi connectivity index (χ1v) is 12.1. The monoisotopic (exact) mass is 550 g/mol. The van der Waals surface area contributed by atoms with Gasteiger partial charge in [0, 0.05) is 15.6 Å². The van der Waals surface area contributed by atoms with Crippen LogP contribution in [0, 0.1) is 20.8 Å². The zero-order valence-electron chi connectivity index (χ0n) is 16.6. The average molecular weight is 552 g/mol. The van der Waals surface area contributed by atoms with Gasteiger partial charge in [-0.2, -0.15) is 8.42 Å². The molecule has 0 aromatic heterocycles.